The van der Waals surface area contributed by atoms with Crippen LogP contribution >= 0.6 is 27.3 Å². The zero-order valence-corrected chi connectivity index (χ0v) is 15.5. The number of fused-ring (bicyclic) bond motifs is 3. The van der Waals surface area contributed by atoms with E-state index in [0.717, 1.165) is 22.2 Å². The summed E-state index contributed by atoms with van der Waals surface area (Å²) in [6.45, 7) is 0. The monoisotopic (exact) mass is 403 g/mol. The maximum atomic E-state index is 12.5. The molecular formula is C18H18BrN3OS. The minimum Gasteiger partial charge on any atom is -0.339 e. The Balaban J connectivity index is 1.43. The number of nitriles is 1. The first-order valence-electron chi connectivity index (χ1n) is 8.26. The maximum absolute atomic E-state index is 12.5. The van der Waals surface area contributed by atoms with Gasteiger partial charge in [-0.2, -0.15) is 5.26 Å². The zero-order valence-electron chi connectivity index (χ0n) is 13.1. The van der Waals surface area contributed by atoms with E-state index in [-0.39, 0.29) is 11.9 Å². The summed E-state index contributed by atoms with van der Waals surface area (Å²) in [5.74, 6) is 0.425. The van der Waals surface area contributed by atoms with Crippen molar-refractivity contribution in [3.05, 3.63) is 33.6 Å². The molecule has 1 saturated heterocycles. The van der Waals surface area contributed by atoms with Gasteiger partial charge in [-0.05, 0) is 54.8 Å². The average molecular weight is 404 g/mol. The molecular weight excluding hydrogens is 386 g/mol. The predicted molar refractivity (Wildman–Crippen MR) is 98.8 cm³/mol. The lowest BCUT2D eigenvalue weighted by atomic mass is 9.99. The summed E-state index contributed by atoms with van der Waals surface area (Å²) in [5.41, 5.74) is 0. The molecule has 2 bridgehead atoms. The molecule has 124 valence electrons. The third kappa shape index (κ3) is 3.08. The van der Waals surface area contributed by atoms with Crippen LogP contribution in [0.3, 0.4) is 0 Å². The van der Waals surface area contributed by atoms with Crippen molar-refractivity contribution in [3.63, 3.8) is 0 Å². The molecule has 2 heterocycles. The molecule has 1 amide bonds. The fourth-order valence-electron chi connectivity index (χ4n) is 3.91. The molecule has 1 aromatic carbocycles. The van der Waals surface area contributed by atoms with Gasteiger partial charge >= 0.3 is 0 Å². The molecule has 2 aromatic rings. The molecule has 1 aromatic heterocycles. The van der Waals surface area contributed by atoms with Gasteiger partial charge in [-0.1, -0.05) is 15.9 Å². The van der Waals surface area contributed by atoms with Gasteiger partial charge in [-0.3, -0.25) is 4.79 Å². The van der Waals surface area contributed by atoms with E-state index in [1.807, 2.05) is 6.07 Å². The highest BCUT2D eigenvalue weighted by Crippen LogP contribution is 2.35. The first-order valence-corrected chi connectivity index (χ1v) is 9.87. The van der Waals surface area contributed by atoms with Gasteiger partial charge in [0.25, 0.3) is 0 Å². The number of carbonyl (C=O) groups is 1. The van der Waals surface area contributed by atoms with Gasteiger partial charge in [0.05, 0.1) is 12.1 Å². The Morgan fingerprint density at radius 2 is 2.33 bits per heavy atom. The van der Waals surface area contributed by atoms with Crippen molar-refractivity contribution in [2.45, 2.75) is 43.8 Å². The van der Waals surface area contributed by atoms with Crippen molar-refractivity contribution in [2.24, 2.45) is 5.92 Å². The van der Waals surface area contributed by atoms with Crippen molar-refractivity contribution in [1.29, 1.82) is 5.26 Å². The number of nitrogens with one attached hydrogen (secondary N) is 2. The van der Waals surface area contributed by atoms with Crippen LogP contribution in [0.2, 0.25) is 0 Å². The van der Waals surface area contributed by atoms with Crippen molar-refractivity contribution >= 4 is 43.3 Å². The van der Waals surface area contributed by atoms with Crippen molar-refractivity contribution in [2.75, 3.05) is 0 Å². The molecule has 0 spiro atoms. The lowest BCUT2D eigenvalue weighted by Gasteiger charge is -2.23. The fraction of sp³-hybridized carbons (Fsp3) is 0.444. The predicted octanol–water partition coefficient (Wildman–Crippen LogP) is 3.36. The number of rotatable bonds is 4. The minimum atomic E-state index is -0.477. The maximum Gasteiger partial charge on any atom is 0.238 e. The van der Waals surface area contributed by atoms with Crippen LogP contribution in [0.25, 0.3) is 10.1 Å². The molecule has 0 radical (unpaired) electrons. The normalized spacial score (nSPS) is 26.4. The second-order valence-electron chi connectivity index (χ2n) is 6.70. The Hall–Kier alpha value is -1.42. The van der Waals surface area contributed by atoms with Crippen LogP contribution < -0.4 is 10.6 Å². The number of piperidine rings is 1. The van der Waals surface area contributed by atoms with Crippen LogP contribution in [0.1, 0.15) is 24.1 Å². The van der Waals surface area contributed by atoms with Crippen LogP contribution in [0, 0.1) is 17.2 Å². The van der Waals surface area contributed by atoms with E-state index in [2.05, 4.69) is 50.8 Å². The van der Waals surface area contributed by atoms with Gasteiger partial charge in [0.15, 0.2) is 0 Å². The van der Waals surface area contributed by atoms with E-state index in [1.165, 1.54) is 16.5 Å². The SMILES string of the molecule is N#CC(Cc1cc2cc(Br)ccc2s1)NC(=O)C1NC2CCC1C2. The van der Waals surface area contributed by atoms with Crippen LogP contribution in [0.15, 0.2) is 28.7 Å². The largest absolute Gasteiger partial charge is 0.339 e. The van der Waals surface area contributed by atoms with Crippen molar-refractivity contribution in [1.82, 2.24) is 10.6 Å². The summed E-state index contributed by atoms with van der Waals surface area (Å²) in [5, 5.41) is 16.9. The van der Waals surface area contributed by atoms with E-state index in [9.17, 15) is 10.1 Å². The number of hydrogen-bond donors (Lipinski definition) is 2. The van der Waals surface area contributed by atoms with Gasteiger partial charge in [0.2, 0.25) is 5.91 Å². The van der Waals surface area contributed by atoms with Gasteiger partial charge in [0, 0.05) is 26.5 Å². The molecule has 1 aliphatic carbocycles. The van der Waals surface area contributed by atoms with Crippen molar-refractivity contribution < 1.29 is 4.79 Å². The molecule has 2 aliphatic rings. The number of amides is 1. The standard InChI is InChI=1S/C18H18BrN3OS/c19-12-2-4-16-11(5-12)7-15(24-16)8-14(9-20)22-18(23)17-10-1-3-13(6-10)21-17/h2,4-5,7,10,13-14,17,21H,1,3,6,8H2,(H,22,23). The average Bonchev–Trinajstić information content (AvgIpc) is 3.28. The topological polar surface area (TPSA) is 64.9 Å². The number of benzene rings is 1. The van der Waals surface area contributed by atoms with Gasteiger partial charge < -0.3 is 10.6 Å². The highest BCUT2D eigenvalue weighted by atomic mass is 79.9. The summed E-state index contributed by atoms with van der Waals surface area (Å²) < 4.78 is 2.25. The molecule has 4 rings (SSSR count). The van der Waals surface area contributed by atoms with E-state index in [4.69, 9.17) is 0 Å². The van der Waals surface area contributed by atoms with E-state index in [1.54, 1.807) is 11.3 Å². The minimum absolute atomic E-state index is 0.0161. The Bertz CT molecular complexity index is 827. The van der Waals surface area contributed by atoms with Crippen molar-refractivity contribution in [3.8, 4) is 6.07 Å². The number of nitrogens with zero attached hydrogens (tertiary/aromatic N) is 1. The molecule has 2 N–H and O–H groups in total. The first-order chi connectivity index (χ1) is 11.6. The summed E-state index contributed by atoms with van der Waals surface area (Å²) in [6, 6.07) is 10.4. The number of halogens is 1. The fourth-order valence-corrected chi connectivity index (χ4v) is 5.38. The molecule has 1 saturated carbocycles. The van der Waals surface area contributed by atoms with Crippen LogP contribution in [0.4, 0.5) is 0 Å². The molecule has 1 aliphatic heterocycles. The zero-order chi connectivity index (χ0) is 16.7. The second-order valence-corrected chi connectivity index (χ2v) is 8.79. The number of hydrogen-bond acceptors (Lipinski definition) is 4. The summed E-state index contributed by atoms with van der Waals surface area (Å²) in [6.07, 6.45) is 3.95. The lowest BCUT2D eigenvalue weighted by Crippen LogP contribution is -2.50. The van der Waals surface area contributed by atoms with E-state index >= 15 is 0 Å². The molecule has 6 heteroatoms. The Morgan fingerprint density at radius 1 is 1.46 bits per heavy atom. The van der Waals surface area contributed by atoms with Gasteiger partial charge in [0.1, 0.15) is 6.04 Å². The van der Waals surface area contributed by atoms with Gasteiger partial charge in [-0.25, -0.2) is 0 Å². The van der Waals surface area contributed by atoms with Crippen LogP contribution in [0.5, 0.6) is 0 Å². The summed E-state index contributed by atoms with van der Waals surface area (Å²) in [7, 11) is 0. The summed E-state index contributed by atoms with van der Waals surface area (Å²) >= 11 is 5.16. The summed E-state index contributed by atoms with van der Waals surface area (Å²) in [4.78, 5) is 13.6. The Morgan fingerprint density at radius 3 is 3.04 bits per heavy atom. The number of carbonyl (C=O) groups excluding carboxylic acids is 1. The third-order valence-corrected chi connectivity index (χ3v) is 6.68. The quantitative estimate of drug-likeness (QED) is 0.822. The first kappa shape index (κ1) is 16.1. The molecule has 4 atom stereocenters. The third-order valence-electron chi connectivity index (χ3n) is 5.05. The highest BCUT2D eigenvalue weighted by molar-refractivity contribution is 9.10. The Labute approximate surface area is 153 Å². The van der Waals surface area contributed by atoms with Gasteiger partial charge in [-0.15, -0.1) is 11.3 Å². The smallest absolute Gasteiger partial charge is 0.238 e. The van der Waals surface area contributed by atoms with Crippen LogP contribution in [-0.2, 0) is 11.2 Å². The van der Waals surface area contributed by atoms with Crippen LogP contribution in [-0.4, -0.2) is 24.0 Å². The second kappa shape index (κ2) is 6.47. The highest BCUT2D eigenvalue weighted by Gasteiger charge is 2.43. The Kier molecular flexibility index (Phi) is 4.33. The molecule has 4 unspecified atom stereocenters. The lowest BCUT2D eigenvalue weighted by molar-refractivity contribution is -0.124. The van der Waals surface area contributed by atoms with E-state index < -0.39 is 6.04 Å². The number of thiophene rings is 1. The molecule has 24 heavy (non-hydrogen) atoms. The van der Waals surface area contributed by atoms with E-state index in [0.29, 0.717) is 18.4 Å². The molecule has 4 nitrogen and oxygen atoms in total. The molecule has 2 fully saturated rings.